The van der Waals surface area contributed by atoms with E-state index in [-0.39, 0.29) is 12.7 Å². The van der Waals surface area contributed by atoms with Crippen LogP contribution in [-0.4, -0.2) is 28.9 Å². The van der Waals surface area contributed by atoms with Crippen molar-refractivity contribution in [3.8, 4) is 0 Å². The molecule has 4 heteroatoms. The number of rotatable bonds is 7. The van der Waals surface area contributed by atoms with Crippen molar-refractivity contribution in [1.29, 1.82) is 0 Å². The van der Waals surface area contributed by atoms with E-state index in [0.29, 0.717) is 5.92 Å². The Hall–Kier alpha value is -1.29. The molecule has 0 aromatic rings. The molecule has 3 aliphatic carbocycles. The number of aliphatic hydroxyl groups excluding tert-OH is 1. The van der Waals surface area contributed by atoms with Crippen LogP contribution in [-0.2, 0) is 9.53 Å². The average molecular weight is 334 g/mol. The molecular weight excluding hydrogens is 304 g/mol. The van der Waals surface area contributed by atoms with Crippen molar-refractivity contribution < 1.29 is 19.7 Å². The predicted molar refractivity (Wildman–Crippen MR) is 92.4 cm³/mol. The van der Waals surface area contributed by atoms with E-state index in [9.17, 15) is 9.90 Å². The molecule has 0 aliphatic heterocycles. The number of hydrogen-bond donors (Lipinski definition) is 2. The van der Waals surface area contributed by atoms with Gasteiger partial charge >= 0.3 is 5.97 Å². The second kappa shape index (κ2) is 7.73. The first-order valence-electron chi connectivity index (χ1n) is 9.52. The lowest BCUT2D eigenvalue weighted by Crippen LogP contribution is -2.25. The molecule has 2 saturated carbocycles. The van der Waals surface area contributed by atoms with Gasteiger partial charge in [-0.2, -0.15) is 0 Å². The quantitative estimate of drug-likeness (QED) is 0.737. The van der Waals surface area contributed by atoms with Crippen LogP contribution in [0.2, 0.25) is 0 Å². The van der Waals surface area contributed by atoms with Crippen LogP contribution < -0.4 is 0 Å². The number of aliphatic hydroxyl groups is 1. The number of aliphatic carboxylic acids is 1. The van der Waals surface area contributed by atoms with Gasteiger partial charge in [0.25, 0.3) is 0 Å². The van der Waals surface area contributed by atoms with Crippen molar-refractivity contribution in [2.24, 2.45) is 17.8 Å². The molecule has 3 aliphatic rings. The fraction of sp³-hybridized carbons (Fsp3) is 0.750. The van der Waals surface area contributed by atoms with Gasteiger partial charge in [0, 0.05) is 6.42 Å². The summed E-state index contributed by atoms with van der Waals surface area (Å²) in [7, 11) is 0. The SMILES string of the molecule is CCC(O)CCC1CCC2CC3=C(OCC(=O)O)CCC=C3CC12. The maximum Gasteiger partial charge on any atom is 0.341 e. The molecule has 0 aromatic heterocycles. The number of hydrogen-bond acceptors (Lipinski definition) is 3. The fourth-order valence-electron chi connectivity index (χ4n) is 4.90. The molecule has 3 rings (SSSR count). The Balaban J connectivity index is 1.66. The Labute approximate surface area is 144 Å². The topological polar surface area (TPSA) is 66.8 Å². The zero-order chi connectivity index (χ0) is 17.1. The molecule has 4 nitrogen and oxygen atoms in total. The maximum absolute atomic E-state index is 10.8. The van der Waals surface area contributed by atoms with E-state index < -0.39 is 5.97 Å². The summed E-state index contributed by atoms with van der Waals surface area (Å²) in [6, 6.07) is 0. The Bertz CT molecular complexity index is 534. The van der Waals surface area contributed by atoms with E-state index in [1.165, 1.54) is 24.0 Å². The van der Waals surface area contributed by atoms with Crippen molar-refractivity contribution in [2.75, 3.05) is 6.61 Å². The second-order valence-electron chi connectivity index (χ2n) is 7.66. The van der Waals surface area contributed by atoms with E-state index in [0.717, 1.165) is 62.5 Å². The fourth-order valence-corrected chi connectivity index (χ4v) is 4.90. The Morgan fingerprint density at radius 1 is 1.38 bits per heavy atom. The number of ether oxygens (including phenoxy) is 1. The zero-order valence-electron chi connectivity index (χ0n) is 14.7. The molecule has 0 amide bonds. The largest absolute Gasteiger partial charge is 0.486 e. The minimum atomic E-state index is -0.900. The molecule has 0 heterocycles. The summed E-state index contributed by atoms with van der Waals surface area (Å²) in [5.41, 5.74) is 2.71. The predicted octanol–water partition coefficient (Wildman–Crippen LogP) is 4.05. The minimum absolute atomic E-state index is 0.145. The van der Waals surface area contributed by atoms with Gasteiger partial charge in [-0.05, 0) is 80.3 Å². The third-order valence-corrected chi connectivity index (χ3v) is 6.24. The summed E-state index contributed by atoms with van der Waals surface area (Å²) in [6.07, 6.45) is 11.6. The smallest absolute Gasteiger partial charge is 0.341 e. The number of carboxylic acids is 1. The highest BCUT2D eigenvalue weighted by atomic mass is 16.5. The van der Waals surface area contributed by atoms with E-state index in [1.807, 2.05) is 6.92 Å². The Morgan fingerprint density at radius 3 is 2.96 bits per heavy atom. The van der Waals surface area contributed by atoms with Crippen LogP contribution >= 0.6 is 0 Å². The third-order valence-electron chi connectivity index (χ3n) is 6.24. The second-order valence-corrected chi connectivity index (χ2v) is 7.66. The third kappa shape index (κ3) is 3.85. The van der Waals surface area contributed by atoms with E-state index in [1.54, 1.807) is 0 Å². The molecule has 0 bridgehead atoms. The van der Waals surface area contributed by atoms with Gasteiger partial charge in [-0.25, -0.2) is 4.79 Å². The van der Waals surface area contributed by atoms with Gasteiger partial charge in [0.1, 0.15) is 5.76 Å². The van der Waals surface area contributed by atoms with Gasteiger partial charge in [0.2, 0.25) is 0 Å². The van der Waals surface area contributed by atoms with E-state index in [4.69, 9.17) is 9.84 Å². The van der Waals surface area contributed by atoms with Crippen molar-refractivity contribution in [3.63, 3.8) is 0 Å². The van der Waals surface area contributed by atoms with Crippen molar-refractivity contribution >= 4 is 5.97 Å². The Kier molecular flexibility index (Phi) is 5.65. The summed E-state index contributed by atoms with van der Waals surface area (Å²) < 4.78 is 5.59. The molecule has 0 aromatic carbocycles. The van der Waals surface area contributed by atoms with Crippen LogP contribution in [0.1, 0.15) is 64.7 Å². The van der Waals surface area contributed by atoms with Crippen molar-refractivity contribution in [3.05, 3.63) is 23.0 Å². The first kappa shape index (κ1) is 17.5. The molecule has 0 spiro atoms. The first-order chi connectivity index (χ1) is 11.6. The summed E-state index contributed by atoms with van der Waals surface area (Å²) in [4.78, 5) is 10.8. The maximum atomic E-state index is 10.8. The molecule has 4 unspecified atom stereocenters. The molecule has 4 atom stereocenters. The zero-order valence-corrected chi connectivity index (χ0v) is 14.7. The lowest BCUT2D eigenvalue weighted by atomic mass is 9.70. The van der Waals surface area contributed by atoms with E-state index in [2.05, 4.69) is 6.08 Å². The Morgan fingerprint density at radius 2 is 2.21 bits per heavy atom. The molecule has 2 N–H and O–H groups in total. The summed E-state index contributed by atoms with van der Waals surface area (Å²) >= 11 is 0. The molecule has 2 fully saturated rings. The standard InChI is InChI=1S/C20H30O4/c1-2-16(21)9-8-13-6-7-15-11-18-14(10-17(13)15)4-3-5-19(18)24-12-20(22)23/h4,13,15-17,21H,2-3,5-12H2,1H3,(H,22,23). The molecule has 0 radical (unpaired) electrons. The van der Waals surface area contributed by atoms with Crippen molar-refractivity contribution in [1.82, 2.24) is 0 Å². The molecule has 134 valence electrons. The van der Waals surface area contributed by atoms with Crippen LogP contribution in [0, 0.1) is 17.8 Å². The van der Waals surface area contributed by atoms with Gasteiger partial charge in [-0.3, -0.25) is 0 Å². The van der Waals surface area contributed by atoms with Crippen LogP contribution in [0.4, 0.5) is 0 Å². The molecule has 24 heavy (non-hydrogen) atoms. The molecule has 0 saturated heterocycles. The summed E-state index contributed by atoms with van der Waals surface area (Å²) in [5, 5.41) is 18.7. The van der Waals surface area contributed by atoms with E-state index >= 15 is 0 Å². The van der Waals surface area contributed by atoms with Gasteiger partial charge in [0.15, 0.2) is 6.61 Å². The molecular formula is C20H30O4. The summed E-state index contributed by atoms with van der Waals surface area (Å²) in [6.45, 7) is 1.82. The van der Waals surface area contributed by atoms with Gasteiger partial charge < -0.3 is 14.9 Å². The average Bonchev–Trinajstić information content (AvgIpc) is 2.97. The number of fused-ring (bicyclic) bond motifs is 2. The highest BCUT2D eigenvalue weighted by molar-refractivity contribution is 5.68. The van der Waals surface area contributed by atoms with Crippen LogP contribution in [0.3, 0.4) is 0 Å². The normalized spacial score (nSPS) is 30.4. The minimum Gasteiger partial charge on any atom is -0.486 e. The lowest BCUT2D eigenvalue weighted by molar-refractivity contribution is -0.140. The van der Waals surface area contributed by atoms with Gasteiger partial charge in [-0.1, -0.05) is 13.0 Å². The number of carboxylic acid groups (broad SMARTS) is 1. The summed E-state index contributed by atoms with van der Waals surface area (Å²) in [5.74, 6) is 2.22. The van der Waals surface area contributed by atoms with Crippen LogP contribution in [0.15, 0.2) is 23.0 Å². The van der Waals surface area contributed by atoms with Gasteiger partial charge in [0.05, 0.1) is 6.10 Å². The lowest BCUT2D eigenvalue weighted by Gasteiger charge is -2.36. The highest BCUT2D eigenvalue weighted by Crippen LogP contribution is 2.52. The number of carbonyl (C=O) groups is 1. The first-order valence-corrected chi connectivity index (χ1v) is 9.52. The van der Waals surface area contributed by atoms with Crippen molar-refractivity contribution in [2.45, 2.75) is 70.8 Å². The van der Waals surface area contributed by atoms with Crippen LogP contribution in [0.25, 0.3) is 0 Å². The monoisotopic (exact) mass is 334 g/mol. The number of allylic oxidation sites excluding steroid dienone is 4. The van der Waals surface area contributed by atoms with Crippen LogP contribution in [0.5, 0.6) is 0 Å². The highest BCUT2D eigenvalue weighted by Gasteiger charge is 2.41. The van der Waals surface area contributed by atoms with Gasteiger partial charge in [-0.15, -0.1) is 0 Å².